The highest BCUT2D eigenvalue weighted by Gasteiger charge is 2.30. The third kappa shape index (κ3) is 63.2. The molecule has 0 aromatic carbocycles. The predicted molar refractivity (Wildman–Crippen MR) is 358 cm³/mol. The molecule has 0 aromatic rings. The Kier molecular flexibility index (Phi) is 60.8. The predicted octanol–water partition coefficient (Wildman–Crippen LogP) is 20.0. The topological polar surface area (TPSA) is 237 Å². The van der Waals surface area contributed by atoms with Crippen LogP contribution in [-0.4, -0.2) is 96.7 Å². The van der Waals surface area contributed by atoms with Gasteiger partial charge in [0.05, 0.1) is 26.4 Å². The summed E-state index contributed by atoms with van der Waals surface area (Å²) in [5.41, 5.74) is 0. The molecule has 19 heteroatoms. The zero-order valence-electron chi connectivity index (χ0n) is 57.7. The molecular formula is C70H136O17P2. The van der Waals surface area contributed by atoms with Gasteiger partial charge in [0.25, 0.3) is 0 Å². The number of carbonyl (C=O) groups excluding carboxylic acids is 4. The van der Waals surface area contributed by atoms with Crippen LogP contribution in [0.2, 0.25) is 0 Å². The average molecular weight is 1310 g/mol. The maximum Gasteiger partial charge on any atom is 0.472 e. The fourth-order valence-corrected chi connectivity index (χ4v) is 12.1. The lowest BCUT2D eigenvalue weighted by Gasteiger charge is -2.21. The summed E-state index contributed by atoms with van der Waals surface area (Å²) >= 11 is 0. The Morgan fingerprint density at radius 1 is 0.326 bits per heavy atom. The minimum Gasteiger partial charge on any atom is -0.462 e. The maximum absolute atomic E-state index is 13.0. The molecule has 0 bridgehead atoms. The number of esters is 4. The standard InChI is InChI=1S/C70H136O17P2/c1-7-10-12-14-15-16-17-18-19-20-21-22-23-24-29-32-35-42-48-54-69(74)86-66(59-81-68(73)53-47-41-34-31-28-26-25-27-30-33-39-44-50-62(4)5)61-85-89(78,79)83-57-64(71)56-82-88(76,77)84-60-65(58-80-67(72)52-46-38-13-11-8-2)87-70(75)55-49-43-37-36-40-45-51-63(6)9-3/h62-66,71H,7-61H2,1-6H3,(H,76,77)(H,78,79)/t63?,64-,65+,66+/m0/s1. The number of hydrogen-bond donors (Lipinski definition) is 3. The normalized spacial score (nSPS) is 14.4. The van der Waals surface area contributed by atoms with Crippen molar-refractivity contribution in [3.63, 3.8) is 0 Å². The molecule has 0 radical (unpaired) electrons. The largest absolute Gasteiger partial charge is 0.472 e. The molecule has 0 aliphatic carbocycles. The summed E-state index contributed by atoms with van der Waals surface area (Å²) in [7, 11) is -9.89. The van der Waals surface area contributed by atoms with E-state index in [9.17, 15) is 43.2 Å². The highest BCUT2D eigenvalue weighted by Crippen LogP contribution is 2.45. The fraction of sp³-hybridized carbons (Fsp3) is 0.943. The van der Waals surface area contributed by atoms with E-state index < -0.39 is 97.5 Å². The van der Waals surface area contributed by atoms with E-state index in [0.29, 0.717) is 25.7 Å². The van der Waals surface area contributed by atoms with Crippen molar-refractivity contribution >= 4 is 39.5 Å². The smallest absolute Gasteiger partial charge is 0.462 e. The quantitative estimate of drug-likeness (QED) is 0.0222. The first-order valence-corrected chi connectivity index (χ1v) is 39.5. The van der Waals surface area contributed by atoms with E-state index >= 15 is 0 Å². The van der Waals surface area contributed by atoms with Crippen LogP contribution < -0.4 is 0 Å². The van der Waals surface area contributed by atoms with Gasteiger partial charge in [0.2, 0.25) is 0 Å². The molecule has 0 aromatic heterocycles. The molecule has 0 rings (SSSR count). The van der Waals surface area contributed by atoms with E-state index in [2.05, 4.69) is 41.5 Å². The third-order valence-corrected chi connectivity index (χ3v) is 18.5. The zero-order valence-corrected chi connectivity index (χ0v) is 59.5. The highest BCUT2D eigenvalue weighted by molar-refractivity contribution is 7.47. The van der Waals surface area contributed by atoms with E-state index in [0.717, 1.165) is 108 Å². The van der Waals surface area contributed by atoms with Crippen LogP contribution in [0.4, 0.5) is 0 Å². The Hall–Kier alpha value is -1.94. The molecule has 89 heavy (non-hydrogen) atoms. The van der Waals surface area contributed by atoms with Crippen LogP contribution in [-0.2, 0) is 65.4 Å². The Morgan fingerprint density at radius 3 is 0.854 bits per heavy atom. The molecule has 0 aliphatic rings. The first-order chi connectivity index (χ1) is 42.9. The molecule has 0 amide bonds. The second-order valence-electron chi connectivity index (χ2n) is 26.0. The van der Waals surface area contributed by atoms with Crippen LogP contribution in [0.5, 0.6) is 0 Å². The van der Waals surface area contributed by atoms with Crippen LogP contribution in [0.3, 0.4) is 0 Å². The molecule has 0 heterocycles. The molecule has 0 saturated heterocycles. The van der Waals surface area contributed by atoms with Crippen molar-refractivity contribution in [2.75, 3.05) is 39.6 Å². The summed E-state index contributed by atoms with van der Waals surface area (Å²) in [5, 5.41) is 10.6. The van der Waals surface area contributed by atoms with E-state index in [1.807, 2.05) is 0 Å². The molecule has 528 valence electrons. The van der Waals surface area contributed by atoms with Gasteiger partial charge in [-0.05, 0) is 37.5 Å². The summed E-state index contributed by atoms with van der Waals surface area (Å²) in [5.74, 6) is -0.636. The fourth-order valence-electron chi connectivity index (χ4n) is 10.6. The van der Waals surface area contributed by atoms with Crippen LogP contribution in [0.1, 0.15) is 356 Å². The molecular weight excluding hydrogens is 1170 g/mol. The molecule has 0 saturated carbocycles. The molecule has 0 fully saturated rings. The van der Waals surface area contributed by atoms with Gasteiger partial charge in [-0.2, -0.15) is 0 Å². The van der Waals surface area contributed by atoms with E-state index in [4.69, 9.17) is 37.0 Å². The Morgan fingerprint density at radius 2 is 0.573 bits per heavy atom. The maximum atomic E-state index is 13.0. The Bertz CT molecular complexity index is 1740. The molecule has 6 atom stereocenters. The SMILES string of the molecule is CCCCCCCCCCCCCCCCCCCCCC(=O)O[C@H](COC(=O)CCCCCCCCCCCCCCC(C)C)COP(=O)(O)OC[C@@H](O)COP(=O)(O)OC[C@@H](COC(=O)CCCCCCC)OC(=O)CCCCCCCCC(C)CC. The summed E-state index contributed by atoms with van der Waals surface area (Å²) in [4.78, 5) is 72.2. The minimum absolute atomic E-state index is 0.102. The second-order valence-corrected chi connectivity index (χ2v) is 28.9. The van der Waals surface area contributed by atoms with Gasteiger partial charge in [-0.1, -0.05) is 305 Å². The lowest BCUT2D eigenvalue weighted by Crippen LogP contribution is -2.30. The third-order valence-electron chi connectivity index (χ3n) is 16.6. The number of carbonyl (C=O) groups is 4. The number of rotatable bonds is 69. The number of hydrogen-bond acceptors (Lipinski definition) is 15. The van der Waals surface area contributed by atoms with Crippen LogP contribution >= 0.6 is 15.6 Å². The van der Waals surface area contributed by atoms with Gasteiger partial charge in [-0.25, -0.2) is 9.13 Å². The van der Waals surface area contributed by atoms with Crippen molar-refractivity contribution < 1.29 is 80.2 Å². The number of phosphoric ester groups is 2. The van der Waals surface area contributed by atoms with Gasteiger partial charge in [0.15, 0.2) is 12.2 Å². The molecule has 0 spiro atoms. The first-order valence-electron chi connectivity index (χ1n) is 36.5. The number of aliphatic hydroxyl groups is 1. The van der Waals surface area contributed by atoms with Crippen LogP contribution in [0.15, 0.2) is 0 Å². The number of ether oxygens (including phenoxy) is 4. The summed E-state index contributed by atoms with van der Waals surface area (Å²) in [6.45, 7) is 9.42. The van der Waals surface area contributed by atoms with Crippen molar-refractivity contribution in [2.24, 2.45) is 11.8 Å². The lowest BCUT2D eigenvalue weighted by molar-refractivity contribution is -0.161. The molecule has 3 N–H and O–H groups in total. The first kappa shape index (κ1) is 87.1. The van der Waals surface area contributed by atoms with Crippen molar-refractivity contribution in [3.8, 4) is 0 Å². The molecule has 17 nitrogen and oxygen atoms in total. The van der Waals surface area contributed by atoms with E-state index in [1.165, 1.54) is 167 Å². The van der Waals surface area contributed by atoms with Gasteiger partial charge in [-0.15, -0.1) is 0 Å². The minimum atomic E-state index is -4.95. The van der Waals surface area contributed by atoms with Crippen molar-refractivity contribution in [2.45, 2.75) is 374 Å². The van der Waals surface area contributed by atoms with Crippen molar-refractivity contribution in [3.05, 3.63) is 0 Å². The van der Waals surface area contributed by atoms with Crippen LogP contribution in [0.25, 0.3) is 0 Å². The van der Waals surface area contributed by atoms with Gasteiger partial charge < -0.3 is 33.8 Å². The van der Waals surface area contributed by atoms with E-state index in [-0.39, 0.29) is 25.7 Å². The lowest BCUT2D eigenvalue weighted by atomic mass is 10.00. The summed E-state index contributed by atoms with van der Waals surface area (Å²) in [6.07, 6.45) is 47.7. The number of phosphoric acid groups is 2. The number of unbranched alkanes of at least 4 members (excludes halogenated alkanes) is 38. The average Bonchev–Trinajstić information content (AvgIpc) is 3.72. The molecule has 3 unspecified atom stereocenters. The Balaban J connectivity index is 5.15. The summed E-state index contributed by atoms with van der Waals surface area (Å²) < 4.78 is 68.0. The molecule has 0 aliphatic heterocycles. The van der Waals surface area contributed by atoms with Crippen molar-refractivity contribution in [1.82, 2.24) is 0 Å². The van der Waals surface area contributed by atoms with Crippen LogP contribution in [0, 0.1) is 11.8 Å². The van der Waals surface area contributed by atoms with Gasteiger partial charge in [-0.3, -0.25) is 37.3 Å². The van der Waals surface area contributed by atoms with Gasteiger partial charge >= 0.3 is 39.5 Å². The van der Waals surface area contributed by atoms with E-state index in [1.54, 1.807) is 0 Å². The monoisotopic (exact) mass is 1310 g/mol. The van der Waals surface area contributed by atoms with Gasteiger partial charge in [0, 0.05) is 25.7 Å². The zero-order chi connectivity index (χ0) is 65.7. The second kappa shape index (κ2) is 62.2. The Labute approximate surface area is 543 Å². The highest BCUT2D eigenvalue weighted by atomic mass is 31.2. The number of aliphatic hydroxyl groups excluding tert-OH is 1. The summed E-state index contributed by atoms with van der Waals surface area (Å²) in [6, 6.07) is 0. The van der Waals surface area contributed by atoms with Gasteiger partial charge in [0.1, 0.15) is 19.3 Å². The van der Waals surface area contributed by atoms with Crippen molar-refractivity contribution in [1.29, 1.82) is 0 Å².